The number of anilines is 1. The van der Waals surface area contributed by atoms with Gasteiger partial charge in [0.05, 0.1) is 12.9 Å². The number of unbranched alkanes of at least 4 members (excludes halogenated alkanes) is 1. The third-order valence-electron chi connectivity index (χ3n) is 1.92. The Morgan fingerprint density at radius 3 is 2.72 bits per heavy atom. The molecule has 0 radical (unpaired) electrons. The number of hydrogen-bond donors (Lipinski definition) is 1. The minimum absolute atomic E-state index is 0.0437. The summed E-state index contributed by atoms with van der Waals surface area (Å²) >= 11 is 11.2. The maximum atomic E-state index is 11.7. The third kappa shape index (κ3) is 5.24. The molecule has 1 aromatic rings. The molecular weight excluding hydrogens is 301 g/mol. The van der Waals surface area contributed by atoms with E-state index in [0.29, 0.717) is 18.7 Å². The number of halogens is 2. The molecule has 0 atom stereocenters. The van der Waals surface area contributed by atoms with Crippen LogP contribution in [0, 0.1) is 0 Å². The molecule has 1 aromatic heterocycles. The highest BCUT2D eigenvalue weighted by Crippen LogP contribution is 2.16. The van der Waals surface area contributed by atoms with Crippen LogP contribution in [0.15, 0.2) is 6.07 Å². The molecule has 0 aliphatic heterocycles. The van der Waals surface area contributed by atoms with E-state index in [2.05, 4.69) is 14.7 Å². The lowest BCUT2D eigenvalue weighted by molar-refractivity contribution is 0.397. The zero-order chi connectivity index (χ0) is 13.6. The van der Waals surface area contributed by atoms with Gasteiger partial charge >= 0.3 is 0 Å². The van der Waals surface area contributed by atoms with Crippen LogP contribution in [-0.4, -0.2) is 37.1 Å². The molecule has 0 saturated heterocycles. The number of aromatic nitrogens is 2. The van der Waals surface area contributed by atoms with Crippen molar-refractivity contribution in [3.05, 3.63) is 11.2 Å². The highest BCUT2D eigenvalue weighted by molar-refractivity contribution is 7.92. The molecule has 0 amide bonds. The van der Waals surface area contributed by atoms with Crippen molar-refractivity contribution in [3.63, 3.8) is 0 Å². The molecule has 0 aromatic carbocycles. The summed E-state index contributed by atoms with van der Waals surface area (Å²) in [5.41, 5.74) is 0. The number of methoxy groups -OCH3 is 1. The summed E-state index contributed by atoms with van der Waals surface area (Å²) in [5.74, 6) is 0.466. The molecule has 0 unspecified atom stereocenters. The molecule has 102 valence electrons. The van der Waals surface area contributed by atoms with Crippen LogP contribution in [0.4, 0.5) is 5.95 Å². The Hall–Kier alpha value is -0.790. The van der Waals surface area contributed by atoms with Crippen LogP contribution in [-0.2, 0) is 10.0 Å². The predicted molar refractivity (Wildman–Crippen MR) is 71.0 cm³/mol. The summed E-state index contributed by atoms with van der Waals surface area (Å²) in [4.78, 5) is 7.58. The zero-order valence-electron chi connectivity index (χ0n) is 9.69. The fourth-order valence-electron chi connectivity index (χ4n) is 1.12. The summed E-state index contributed by atoms with van der Waals surface area (Å²) in [6.45, 7) is 0. The van der Waals surface area contributed by atoms with Crippen molar-refractivity contribution in [2.45, 2.75) is 12.8 Å². The van der Waals surface area contributed by atoms with Gasteiger partial charge in [-0.15, -0.1) is 11.6 Å². The quantitative estimate of drug-likeness (QED) is 0.472. The second kappa shape index (κ2) is 6.96. The van der Waals surface area contributed by atoms with Crippen LogP contribution in [0.2, 0.25) is 5.15 Å². The molecule has 18 heavy (non-hydrogen) atoms. The lowest BCUT2D eigenvalue weighted by Gasteiger charge is -2.07. The smallest absolute Gasteiger partial charge is 0.241 e. The van der Waals surface area contributed by atoms with E-state index in [1.54, 1.807) is 0 Å². The molecule has 9 heteroatoms. The number of ether oxygens (including phenoxy) is 1. The standard InChI is InChI=1S/C9H13Cl2N3O3S/c1-17-8-6-7(11)12-9(13-8)14-18(15,16)5-3-2-4-10/h6H,2-5H2,1H3,(H,12,13,14). The molecule has 0 aliphatic rings. The number of hydrogen-bond acceptors (Lipinski definition) is 5. The summed E-state index contributed by atoms with van der Waals surface area (Å²) in [6.07, 6.45) is 1.10. The van der Waals surface area contributed by atoms with Gasteiger partial charge in [0.25, 0.3) is 0 Å². The molecule has 0 fully saturated rings. The summed E-state index contributed by atoms with van der Waals surface area (Å²) in [6, 6.07) is 1.38. The Labute approximate surface area is 116 Å². The van der Waals surface area contributed by atoms with Gasteiger partial charge in [0.2, 0.25) is 21.9 Å². The number of rotatable bonds is 7. The molecule has 1 N–H and O–H groups in total. The minimum atomic E-state index is -3.50. The van der Waals surface area contributed by atoms with Gasteiger partial charge in [-0.25, -0.2) is 13.4 Å². The summed E-state index contributed by atoms with van der Waals surface area (Å²) in [5, 5.41) is 0.0975. The van der Waals surface area contributed by atoms with E-state index in [4.69, 9.17) is 27.9 Å². The SMILES string of the molecule is COc1cc(Cl)nc(NS(=O)(=O)CCCCCl)n1. The molecule has 1 rings (SSSR count). The normalized spacial score (nSPS) is 11.3. The Kier molecular flexibility index (Phi) is 5.90. The Morgan fingerprint density at radius 1 is 1.39 bits per heavy atom. The first-order chi connectivity index (χ1) is 8.46. The Balaban J connectivity index is 2.74. The van der Waals surface area contributed by atoms with Crippen LogP contribution in [0.1, 0.15) is 12.8 Å². The maximum absolute atomic E-state index is 11.7. The average Bonchev–Trinajstić information content (AvgIpc) is 2.27. The molecule has 1 heterocycles. The van der Waals surface area contributed by atoms with Crippen molar-refractivity contribution in [2.24, 2.45) is 0 Å². The lowest BCUT2D eigenvalue weighted by atomic mass is 10.4. The van der Waals surface area contributed by atoms with E-state index in [-0.39, 0.29) is 22.7 Å². The predicted octanol–water partition coefficient (Wildman–Crippen LogP) is 1.90. The maximum Gasteiger partial charge on any atom is 0.241 e. The van der Waals surface area contributed by atoms with Crippen LogP contribution < -0.4 is 9.46 Å². The monoisotopic (exact) mass is 313 g/mol. The van der Waals surface area contributed by atoms with Crippen molar-refractivity contribution in [3.8, 4) is 5.88 Å². The second-order valence-electron chi connectivity index (χ2n) is 3.37. The van der Waals surface area contributed by atoms with Gasteiger partial charge in [-0.2, -0.15) is 4.98 Å². The fourth-order valence-corrected chi connectivity index (χ4v) is 2.54. The van der Waals surface area contributed by atoms with Gasteiger partial charge < -0.3 is 4.74 Å². The van der Waals surface area contributed by atoms with Crippen molar-refractivity contribution < 1.29 is 13.2 Å². The van der Waals surface area contributed by atoms with E-state index in [1.807, 2.05) is 0 Å². The first-order valence-electron chi connectivity index (χ1n) is 5.12. The number of alkyl halides is 1. The van der Waals surface area contributed by atoms with Crippen molar-refractivity contribution >= 4 is 39.2 Å². The van der Waals surface area contributed by atoms with Gasteiger partial charge in [-0.3, -0.25) is 4.72 Å². The highest BCUT2D eigenvalue weighted by atomic mass is 35.5. The first-order valence-corrected chi connectivity index (χ1v) is 7.68. The minimum Gasteiger partial charge on any atom is -0.481 e. The topological polar surface area (TPSA) is 81.2 Å². The van der Waals surface area contributed by atoms with Crippen LogP contribution in [0.5, 0.6) is 5.88 Å². The molecule has 0 saturated carbocycles. The van der Waals surface area contributed by atoms with Gasteiger partial charge in [0, 0.05) is 11.9 Å². The van der Waals surface area contributed by atoms with Crippen LogP contribution in [0.3, 0.4) is 0 Å². The fraction of sp³-hybridized carbons (Fsp3) is 0.556. The van der Waals surface area contributed by atoms with Gasteiger partial charge in [-0.1, -0.05) is 11.6 Å². The number of sulfonamides is 1. The van der Waals surface area contributed by atoms with E-state index in [1.165, 1.54) is 13.2 Å². The van der Waals surface area contributed by atoms with Gasteiger partial charge in [-0.05, 0) is 12.8 Å². The lowest BCUT2D eigenvalue weighted by Crippen LogP contribution is -2.18. The first kappa shape index (κ1) is 15.3. The van der Waals surface area contributed by atoms with E-state index < -0.39 is 10.0 Å². The summed E-state index contributed by atoms with van der Waals surface area (Å²) in [7, 11) is -2.10. The third-order valence-corrected chi connectivity index (χ3v) is 3.70. The van der Waals surface area contributed by atoms with Crippen LogP contribution in [0.25, 0.3) is 0 Å². The molecular formula is C9H13Cl2N3O3S. The highest BCUT2D eigenvalue weighted by Gasteiger charge is 2.13. The summed E-state index contributed by atoms with van der Waals surface area (Å²) < 4.78 is 30.4. The Bertz CT molecular complexity index is 496. The molecule has 0 bridgehead atoms. The number of nitrogens with zero attached hydrogens (tertiary/aromatic N) is 2. The van der Waals surface area contributed by atoms with Crippen molar-refractivity contribution in [2.75, 3.05) is 23.5 Å². The van der Waals surface area contributed by atoms with E-state index in [9.17, 15) is 8.42 Å². The molecule has 0 spiro atoms. The molecule has 0 aliphatic carbocycles. The average molecular weight is 314 g/mol. The largest absolute Gasteiger partial charge is 0.481 e. The van der Waals surface area contributed by atoms with E-state index in [0.717, 1.165) is 0 Å². The Morgan fingerprint density at radius 2 is 2.11 bits per heavy atom. The van der Waals surface area contributed by atoms with Crippen molar-refractivity contribution in [1.29, 1.82) is 0 Å². The van der Waals surface area contributed by atoms with Gasteiger partial charge in [0.1, 0.15) is 5.15 Å². The number of nitrogens with one attached hydrogen (secondary N) is 1. The van der Waals surface area contributed by atoms with Crippen LogP contribution >= 0.6 is 23.2 Å². The van der Waals surface area contributed by atoms with Gasteiger partial charge in [0.15, 0.2) is 0 Å². The molecule has 6 nitrogen and oxygen atoms in total. The van der Waals surface area contributed by atoms with E-state index >= 15 is 0 Å². The second-order valence-corrected chi connectivity index (χ2v) is 5.98. The zero-order valence-corrected chi connectivity index (χ0v) is 12.0. The van der Waals surface area contributed by atoms with Crippen molar-refractivity contribution in [1.82, 2.24) is 9.97 Å².